The smallest absolute Gasteiger partial charge is 0.254 e. The van der Waals surface area contributed by atoms with Crippen molar-refractivity contribution in [2.24, 2.45) is 0 Å². The number of carbonyl (C=O) groups excluding carboxylic acids is 4. The molecule has 11 nitrogen and oxygen atoms in total. The number of nitrogens with one attached hydrogen (secondary N) is 2. The van der Waals surface area contributed by atoms with Gasteiger partial charge in [0.1, 0.15) is 30.9 Å². The van der Waals surface area contributed by atoms with E-state index in [4.69, 9.17) is 4.74 Å². The Kier molecular flexibility index (Phi) is 5.85. The van der Waals surface area contributed by atoms with Gasteiger partial charge in [-0.15, -0.1) is 0 Å². The lowest BCUT2D eigenvalue weighted by Crippen LogP contribution is -2.68. The van der Waals surface area contributed by atoms with Gasteiger partial charge in [0.15, 0.2) is 6.23 Å². The van der Waals surface area contributed by atoms with E-state index in [1.165, 1.54) is 6.92 Å². The monoisotopic (exact) mass is 357 g/mol. The molecule has 1 saturated heterocycles. The zero-order valence-corrected chi connectivity index (χ0v) is 13.3. The Bertz CT molecular complexity index is 589. The van der Waals surface area contributed by atoms with Crippen molar-refractivity contribution in [3.8, 4) is 0 Å². The molecular formula is C14H19N3O8. The second-order valence-electron chi connectivity index (χ2n) is 5.65. The summed E-state index contributed by atoms with van der Waals surface area (Å²) < 4.78 is 5.31. The maximum absolute atomic E-state index is 12.1. The highest BCUT2D eigenvalue weighted by Crippen LogP contribution is 2.20. The second-order valence-corrected chi connectivity index (χ2v) is 5.65. The number of aliphatic hydroxyl groups excluding tert-OH is 3. The molecule has 0 spiro atoms. The van der Waals surface area contributed by atoms with Gasteiger partial charge < -0.3 is 30.7 Å². The fraction of sp³-hybridized carbons (Fsp3) is 0.571. The zero-order valence-electron chi connectivity index (χ0n) is 13.3. The molecule has 0 radical (unpaired) electrons. The summed E-state index contributed by atoms with van der Waals surface area (Å²) in [6.45, 7) is -0.0481. The fourth-order valence-electron chi connectivity index (χ4n) is 2.57. The summed E-state index contributed by atoms with van der Waals surface area (Å²) in [5.41, 5.74) is 0. The molecule has 0 bridgehead atoms. The van der Waals surface area contributed by atoms with Crippen LogP contribution in [0, 0.1) is 0 Å². The van der Waals surface area contributed by atoms with Gasteiger partial charge in [0, 0.05) is 19.1 Å². The standard InChI is InChI=1S/C14H19N3O8/c1-6(19)15-11-13(24)12(23)7(5-18)25-14(11)16-8(20)4-17-9(21)2-3-10(17)22/h2-3,7,11-14,18,23-24H,4-5H2,1H3,(H,15,19)(H,16,20)/t7-,11-,12-,13-,14-/m1/s1. The number of imide groups is 1. The van der Waals surface area contributed by atoms with Crippen LogP contribution in [-0.2, 0) is 23.9 Å². The molecule has 4 amide bonds. The Morgan fingerprint density at radius 3 is 2.28 bits per heavy atom. The van der Waals surface area contributed by atoms with Crippen LogP contribution in [0.2, 0.25) is 0 Å². The first kappa shape index (κ1) is 19.0. The van der Waals surface area contributed by atoms with E-state index in [1.807, 2.05) is 0 Å². The number of carbonyl (C=O) groups is 4. The summed E-state index contributed by atoms with van der Waals surface area (Å²) in [5, 5.41) is 33.8. The summed E-state index contributed by atoms with van der Waals surface area (Å²) in [5.74, 6) is -2.62. The van der Waals surface area contributed by atoms with Crippen molar-refractivity contribution < 1.29 is 39.2 Å². The molecule has 1 fully saturated rings. The molecule has 0 saturated carbocycles. The molecule has 2 aliphatic heterocycles. The van der Waals surface area contributed by atoms with Gasteiger partial charge in [0.2, 0.25) is 11.8 Å². The Balaban J connectivity index is 2.07. The van der Waals surface area contributed by atoms with Crippen molar-refractivity contribution in [1.82, 2.24) is 15.5 Å². The summed E-state index contributed by atoms with van der Waals surface area (Å²) >= 11 is 0. The highest BCUT2D eigenvalue weighted by molar-refractivity contribution is 6.14. The van der Waals surface area contributed by atoms with Gasteiger partial charge in [0.25, 0.3) is 11.8 Å². The Hall–Kier alpha value is -2.34. The first-order chi connectivity index (χ1) is 11.7. The lowest BCUT2D eigenvalue weighted by molar-refractivity contribution is -0.203. The Morgan fingerprint density at radius 2 is 1.76 bits per heavy atom. The SMILES string of the molecule is CC(=O)N[C@@H]1[C@@H](O)[C@H](O)[C@@H](CO)O[C@H]1NC(=O)CN1C(=O)C=CC1=O. The largest absolute Gasteiger partial charge is 0.394 e. The molecule has 2 aliphatic rings. The lowest BCUT2D eigenvalue weighted by atomic mass is 9.96. The zero-order chi connectivity index (χ0) is 18.7. The fourth-order valence-corrected chi connectivity index (χ4v) is 2.57. The van der Waals surface area contributed by atoms with Crippen molar-refractivity contribution in [2.75, 3.05) is 13.2 Å². The molecule has 2 rings (SSSR count). The summed E-state index contributed by atoms with van der Waals surface area (Å²) in [6.07, 6.45) is -3.43. The molecule has 11 heteroatoms. The van der Waals surface area contributed by atoms with Crippen molar-refractivity contribution in [3.63, 3.8) is 0 Å². The number of hydrogen-bond acceptors (Lipinski definition) is 8. The van der Waals surface area contributed by atoms with Crippen LogP contribution >= 0.6 is 0 Å². The molecular weight excluding hydrogens is 338 g/mol. The second kappa shape index (κ2) is 7.70. The van der Waals surface area contributed by atoms with Gasteiger partial charge in [-0.05, 0) is 0 Å². The number of nitrogens with zero attached hydrogens (tertiary/aromatic N) is 1. The molecule has 138 valence electrons. The summed E-state index contributed by atoms with van der Waals surface area (Å²) in [6, 6.07) is -1.19. The van der Waals surface area contributed by atoms with Gasteiger partial charge in [-0.1, -0.05) is 0 Å². The van der Waals surface area contributed by atoms with E-state index in [0.717, 1.165) is 12.2 Å². The number of aliphatic hydroxyl groups is 3. The molecule has 25 heavy (non-hydrogen) atoms. The molecule has 2 heterocycles. The van der Waals surface area contributed by atoms with E-state index in [0.29, 0.717) is 4.90 Å². The van der Waals surface area contributed by atoms with Crippen LogP contribution in [0.4, 0.5) is 0 Å². The van der Waals surface area contributed by atoms with Crippen LogP contribution in [0.3, 0.4) is 0 Å². The highest BCUT2D eigenvalue weighted by Gasteiger charge is 2.45. The quantitative estimate of drug-likeness (QED) is 0.310. The van der Waals surface area contributed by atoms with E-state index < -0.39 is 67.4 Å². The predicted molar refractivity (Wildman–Crippen MR) is 79.4 cm³/mol. The summed E-state index contributed by atoms with van der Waals surface area (Å²) in [7, 11) is 0. The Morgan fingerprint density at radius 1 is 1.16 bits per heavy atom. The van der Waals surface area contributed by atoms with Gasteiger partial charge in [0.05, 0.1) is 6.61 Å². The number of ether oxygens (including phenoxy) is 1. The van der Waals surface area contributed by atoms with Gasteiger partial charge in [-0.25, -0.2) is 0 Å². The van der Waals surface area contributed by atoms with Crippen LogP contribution in [0.15, 0.2) is 12.2 Å². The normalized spacial score (nSPS) is 32.0. The predicted octanol–water partition coefficient (Wildman–Crippen LogP) is -4.03. The highest BCUT2D eigenvalue weighted by atomic mass is 16.5. The molecule has 5 atom stereocenters. The minimum Gasteiger partial charge on any atom is -0.394 e. The maximum atomic E-state index is 12.1. The number of amides is 4. The van der Waals surface area contributed by atoms with E-state index in [9.17, 15) is 34.5 Å². The molecule has 5 N–H and O–H groups in total. The van der Waals surface area contributed by atoms with E-state index in [-0.39, 0.29) is 0 Å². The number of hydrogen-bond donors (Lipinski definition) is 5. The van der Waals surface area contributed by atoms with Crippen LogP contribution in [0.25, 0.3) is 0 Å². The minimum atomic E-state index is -1.52. The van der Waals surface area contributed by atoms with Crippen LogP contribution in [0.5, 0.6) is 0 Å². The average Bonchev–Trinajstić information content (AvgIpc) is 2.86. The van der Waals surface area contributed by atoms with Crippen molar-refractivity contribution >= 4 is 23.6 Å². The average molecular weight is 357 g/mol. The molecule has 0 unspecified atom stereocenters. The maximum Gasteiger partial charge on any atom is 0.254 e. The third-order valence-electron chi connectivity index (χ3n) is 3.80. The van der Waals surface area contributed by atoms with Crippen molar-refractivity contribution in [1.29, 1.82) is 0 Å². The van der Waals surface area contributed by atoms with Crippen LogP contribution in [-0.4, -0.2) is 87.6 Å². The first-order valence-corrected chi connectivity index (χ1v) is 7.47. The first-order valence-electron chi connectivity index (χ1n) is 7.47. The van der Waals surface area contributed by atoms with Crippen molar-refractivity contribution in [2.45, 2.75) is 37.5 Å². The van der Waals surface area contributed by atoms with Gasteiger partial charge in [-0.3, -0.25) is 24.1 Å². The molecule has 0 aromatic carbocycles. The summed E-state index contributed by atoms with van der Waals surface area (Å²) in [4.78, 5) is 47.0. The third-order valence-corrected chi connectivity index (χ3v) is 3.80. The molecule has 0 aromatic heterocycles. The van der Waals surface area contributed by atoms with Crippen LogP contribution < -0.4 is 10.6 Å². The lowest BCUT2D eigenvalue weighted by Gasteiger charge is -2.42. The van der Waals surface area contributed by atoms with E-state index >= 15 is 0 Å². The molecule has 0 aromatic rings. The van der Waals surface area contributed by atoms with Crippen LogP contribution in [0.1, 0.15) is 6.92 Å². The van der Waals surface area contributed by atoms with E-state index in [2.05, 4.69) is 10.6 Å². The third kappa shape index (κ3) is 4.20. The minimum absolute atomic E-state index is 0.546. The van der Waals surface area contributed by atoms with Crippen molar-refractivity contribution in [3.05, 3.63) is 12.2 Å². The molecule has 0 aliphatic carbocycles. The van der Waals surface area contributed by atoms with E-state index in [1.54, 1.807) is 0 Å². The number of rotatable bonds is 5. The van der Waals surface area contributed by atoms with Gasteiger partial charge in [-0.2, -0.15) is 0 Å². The Labute approximate surface area is 142 Å². The van der Waals surface area contributed by atoms with Gasteiger partial charge >= 0.3 is 0 Å². The topological polar surface area (TPSA) is 166 Å².